The number of rotatable bonds is 8. The summed E-state index contributed by atoms with van der Waals surface area (Å²) in [4.78, 5) is 18.1. The highest BCUT2D eigenvalue weighted by Crippen LogP contribution is 2.30. The molecule has 2 aromatic heterocycles. The van der Waals surface area contributed by atoms with Crippen LogP contribution in [0.5, 0.6) is 0 Å². The average Bonchev–Trinajstić information content (AvgIpc) is 3.31. The first-order valence-corrected chi connectivity index (χ1v) is 9.56. The molecule has 2 heterocycles. The number of benzene rings is 1. The summed E-state index contributed by atoms with van der Waals surface area (Å²) < 4.78 is 7.43. The maximum atomic E-state index is 12.7. The fraction of sp³-hybridized carbons (Fsp3) is 0.300. The SMILES string of the molecule is CC(C)OCCCNC(=O)c1sc(-n2cccc2)nc1-c1ccccc1. The van der Waals surface area contributed by atoms with Crippen molar-refractivity contribution in [2.75, 3.05) is 13.2 Å². The zero-order valence-electron chi connectivity index (χ0n) is 15.0. The van der Waals surface area contributed by atoms with E-state index in [-0.39, 0.29) is 12.0 Å². The number of nitrogens with zero attached hydrogens (tertiary/aromatic N) is 2. The Labute approximate surface area is 157 Å². The number of hydrogen-bond acceptors (Lipinski definition) is 4. The van der Waals surface area contributed by atoms with E-state index in [1.807, 2.05) is 73.3 Å². The molecule has 6 heteroatoms. The molecule has 0 spiro atoms. The number of nitrogens with one attached hydrogen (secondary N) is 1. The normalized spacial score (nSPS) is 11.0. The van der Waals surface area contributed by atoms with Crippen molar-refractivity contribution >= 4 is 17.2 Å². The van der Waals surface area contributed by atoms with Gasteiger partial charge in [-0.25, -0.2) is 4.98 Å². The number of carbonyl (C=O) groups excluding carboxylic acids is 1. The first-order chi connectivity index (χ1) is 12.6. The third-order valence-corrected chi connectivity index (χ3v) is 4.82. The largest absolute Gasteiger partial charge is 0.379 e. The molecule has 0 unspecified atom stereocenters. The molecule has 3 aromatic rings. The van der Waals surface area contributed by atoms with Crippen LogP contribution in [0, 0.1) is 0 Å². The Balaban J connectivity index is 1.77. The molecule has 5 nitrogen and oxygen atoms in total. The van der Waals surface area contributed by atoms with Gasteiger partial charge in [0, 0.05) is 31.1 Å². The van der Waals surface area contributed by atoms with Crippen LogP contribution in [0.2, 0.25) is 0 Å². The van der Waals surface area contributed by atoms with E-state index in [9.17, 15) is 4.79 Å². The molecular weight excluding hydrogens is 346 g/mol. The zero-order chi connectivity index (χ0) is 18.4. The van der Waals surface area contributed by atoms with E-state index in [1.54, 1.807) is 0 Å². The fourth-order valence-electron chi connectivity index (χ4n) is 2.50. The van der Waals surface area contributed by atoms with Crippen LogP contribution >= 0.6 is 11.3 Å². The van der Waals surface area contributed by atoms with E-state index in [0.717, 1.165) is 22.8 Å². The van der Waals surface area contributed by atoms with Crippen LogP contribution in [0.3, 0.4) is 0 Å². The first-order valence-electron chi connectivity index (χ1n) is 8.74. The molecule has 3 rings (SSSR count). The summed E-state index contributed by atoms with van der Waals surface area (Å²) >= 11 is 1.40. The summed E-state index contributed by atoms with van der Waals surface area (Å²) in [7, 11) is 0. The van der Waals surface area contributed by atoms with Crippen molar-refractivity contribution < 1.29 is 9.53 Å². The minimum absolute atomic E-state index is 0.0932. The average molecular weight is 369 g/mol. The third-order valence-electron chi connectivity index (χ3n) is 3.75. The second-order valence-corrected chi connectivity index (χ2v) is 7.14. The Morgan fingerprint density at radius 1 is 1.19 bits per heavy atom. The van der Waals surface area contributed by atoms with E-state index < -0.39 is 0 Å². The highest BCUT2D eigenvalue weighted by Gasteiger charge is 2.19. The number of aromatic nitrogens is 2. The van der Waals surface area contributed by atoms with Gasteiger partial charge in [-0.3, -0.25) is 4.79 Å². The van der Waals surface area contributed by atoms with Gasteiger partial charge in [-0.2, -0.15) is 0 Å². The molecule has 0 aliphatic rings. The molecule has 136 valence electrons. The van der Waals surface area contributed by atoms with Gasteiger partial charge < -0.3 is 14.6 Å². The monoisotopic (exact) mass is 369 g/mol. The Hall–Kier alpha value is -2.44. The predicted molar refractivity (Wildman–Crippen MR) is 105 cm³/mol. The number of hydrogen-bond donors (Lipinski definition) is 1. The molecule has 0 saturated heterocycles. The number of thiazole rings is 1. The summed E-state index contributed by atoms with van der Waals surface area (Å²) in [5.41, 5.74) is 1.66. The van der Waals surface area contributed by atoms with Crippen molar-refractivity contribution in [3.8, 4) is 16.4 Å². The zero-order valence-corrected chi connectivity index (χ0v) is 15.8. The van der Waals surface area contributed by atoms with Gasteiger partial charge in [0.2, 0.25) is 0 Å². The van der Waals surface area contributed by atoms with Gasteiger partial charge in [0.05, 0.1) is 11.8 Å². The minimum Gasteiger partial charge on any atom is -0.379 e. The van der Waals surface area contributed by atoms with Gasteiger partial charge in [-0.1, -0.05) is 41.7 Å². The summed E-state index contributed by atoms with van der Waals surface area (Å²) in [5.74, 6) is -0.0932. The molecule has 0 aliphatic heterocycles. The quantitative estimate of drug-likeness (QED) is 0.607. The van der Waals surface area contributed by atoms with Gasteiger partial charge >= 0.3 is 0 Å². The maximum Gasteiger partial charge on any atom is 0.263 e. The van der Waals surface area contributed by atoms with Crippen molar-refractivity contribution in [1.29, 1.82) is 0 Å². The molecular formula is C20H23N3O2S. The van der Waals surface area contributed by atoms with Crippen molar-refractivity contribution in [1.82, 2.24) is 14.9 Å². The smallest absolute Gasteiger partial charge is 0.263 e. The highest BCUT2D eigenvalue weighted by atomic mass is 32.1. The predicted octanol–water partition coefficient (Wildman–Crippen LogP) is 4.15. The van der Waals surface area contributed by atoms with Crippen LogP contribution in [0.1, 0.15) is 29.9 Å². The second-order valence-electron chi connectivity index (χ2n) is 6.16. The van der Waals surface area contributed by atoms with Crippen LogP contribution in [0.15, 0.2) is 54.9 Å². The van der Waals surface area contributed by atoms with E-state index in [2.05, 4.69) is 5.32 Å². The Bertz CT molecular complexity index is 826. The minimum atomic E-state index is -0.0932. The lowest BCUT2D eigenvalue weighted by Gasteiger charge is -2.08. The molecule has 1 N–H and O–H groups in total. The van der Waals surface area contributed by atoms with Crippen LogP contribution in [0.25, 0.3) is 16.4 Å². The van der Waals surface area contributed by atoms with E-state index in [0.29, 0.717) is 18.0 Å². The maximum absolute atomic E-state index is 12.7. The third kappa shape index (κ3) is 4.59. The van der Waals surface area contributed by atoms with Crippen LogP contribution < -0.4 is 5.32 Å². The van der Waals surface area contributed by atoms with Crippen molar-refractivity contribution in [3.63, 3.8) is 0 Å². The summed E-state index contributed by atoms with van der Waals surface area (Å²) in [6.45, 7) is 5.23. The molecule has 0 radical (unpaired) electrons. The highest BCUT2D eigenvalue weighted by molar-refractivity contribution is 7.16. The number of ether oxygens (including phenoxy) is 1. The molecule has 1 amide bonds. The molecule has 26 heavy (non-hydrogen) atoms. The molecule has 0 fully saturated rings. The van der Waals surface area contributed by atoms with Crippen LogP contribution in [-0.4, -0.2) is 34.7 Å². The van der Waals surface area contributed by atoms with Gasteiger partial charge in [-0.05, 0) is 32.4 Å². The number of carbonyl (C=O) groups is 1. The van der Waals surface area contributed by atoms with E-state index in [4.69, 9.17) is 9.72 Å². The summed E-state index contributed by atoms with van der Waals surface area (Å²) in [6, 6.07) is 13.7. The van der Waals surface area contributed by atoms with Gasteiger partial charge in [0.1, 0.15) is 4.88 Å². The lowest BCUT2D eigenvalue weighted by molar-refractivity contribution is 0.0757. The molecule has 0 saturated carbocycles. The Kier molecular flexibility index (Phi) is 6.20. The van der Waals surface area contributed by atoms with Crippen LogP contribution in [0.4, 0.5) is 0 Å². The lowest BCUT2D eigenvalue weighted by Crippen LogP contribution is -2.25. The standard InChI is InChI=1S/C20H23N3O2S/c1-15(2)25-14-8-11-21-19(24)18-17(16-9-4-3-5-10-16)22-20(26-18)23-12-6-7-13-23/h3-7,9-10,12-13,15H,8,11,14H2,1-2H3,(H,21,24). The fourth-order valence-corrected chi connectivity index (χ4v) is 3.47. The van der Waals surface area contributed by atoms with Crippen LogP contribution in [-0.2, 0) is 4.74 Å². The first kappa shape index (κ1) is 18.4. The van der Waals surface area contributed by atoms with Crippen molar-refractivity contribution in [3.05, 3.63) is 59.7 Å². The van der Waals surface area contributed by atoms with E-state index in [1.165, 1.54) is 11.3 Å². The molecule has 1 aromatic carbocycles. The Morgan fingerprint density at radius 2 is 1.92 bits per heavy atom. The summed E-state index contributed by atoms with van der Waals surface area (Å²) in [6.07, 6.45) is 4.85. The summed E-state index contributed by atoms with van der Waals surface area (Å²) in [5, 5.41) is 3.76. The molecule has 0 bridgehead atoms. The molecule has 0 aliphatic carbocycles. The Morgan fingerprint density at radius 3 is 2.62 bits per heavy atom. The van der Waals surface area contributed by atoms with E-state index >= 15 is 0 Å². The number of amides is 1. The van der Waals surface area contributed by atoms with Gasteiger partial charge in [0.15, 0.2) is 5.13 Å². The lowest BCUT2D eigenvalue weighted by atomic mass is 10.1. The van der Waals surface area contributed by atoms with Gasteiger partial charge in [-0.15, -0.1) is 0 Å². The molecule has 0 atom stereocenters. The topological polar surface area (TPSA) is 56.1 Å². The second kappa shape index (κ2) is 8.78. The van der Waals surface area contributed by atoms with Gasteiger partial charge in [0.25, 0.3) is 5.91 Å². The van der Waals surface area contributed by atoms with Crippen molar-refractivity contribution in [2.45, 2.75) is 26.4 Å². The van der Waals surface area contributed by atoms with Crippen molar-refractivity contribution in [2.24, 2.45) is 0 Å².